The molecule has 3 heterocycles. The summed E-state index contributed by atoms with van der Waals surface area (Å²) >= 11 is 0. The van der Waals surface area contributed by atoms with E-state index < -0.39 is 11.5 Å². The number of carbonyl (C=O) groups excluding carboxylic acids is 1. The summed E-state index contributed by atoms with van der Waals surface area (Å²) in [6.45, 7) is 6.70. The molecule has 2 bridgehead atoms. The van der Waals surface area contributed by atoms with Crippen molar-refractivity contribution in [3.63, 3.8) is 0 Å². The fraction of sp³-hybridized carbons (Fsp3) is 0.923. The van der Waals surface area contributed by atoms with Crippen LogP contribution in [0.2, 0.25) is 0 Å². The number of rotatable bonds is 3. The summed E-state index contributed by atoms with van der Waals surface area (Å²) in [6, 6.07) is 0. The number of esters is 1. The SMILES string of the molecule is COC(=O)C(C(C)C)C1(O)CN2CCC1CC2. The molecule has 4 heteroatoms. The molecule has 0 aromatic heterocycles. The van der Waals surface area contributed by atoms with Gasteiger partial charge in [0.1, 0.15) is 0 Å². The van der Waals surface area contributed by atoms with Crippen LogP contribution >= 0.6 is 0 Å². The number of hydrogen-bond donors (Lipinski definition) is 1. The first kappa shape index (κ1) is 12.8. The molecule has 3 aliphatic rings. The van der Waals surface area contributed by atoms with Crippen molar-refractivity contribution in [3.8, 4) is 0 Å². The summed E-state index contributed by atoms with van der Waals surface area (Å²) in [5, 5.41) is 11.0. The van der Waals surface area contributed by atoms with Gasteiger partial charge in [0.25, 0.3) is 0 Å². The topological polar surface area (TPSA) is 49.8 Å². The fourth-order valence-corrected chi connectivity index (χ4v) is 3.61. The van der Waals surface area contributed by atoms with Gasteiger partial charge in [-0.3, -0.25) is 4.79 Å². The highest BCUT2D eigenvalue weighted by atomic mass is 16.5. The Bertz CT molecular complexity index is 297. The first-order valence-electron chi connectivity index (χ1n) is 6.51. The molecule has 0 saturated carbocycles. The maximum atomic E-state index is 11.9. The van der Waals surface area contributed by atoms with Crippen molar-refractivity contribution >= 4 is 5.97 Å². The Hall–Kier alpha value is -0.610. The van der Waals surface area contributed by atoms with Crippen LogP contribution in [-0.4, -0.2) is 48.3 Å². The first-order valence-corrected chi connectivity index (χ1v) is 6.51. The second-order valence-electron chi connectivity index (χ2n) is 5.79. The molecule has 0 aromatic carbocycles. The molecule has 17 heavy (non-hydrogen) atoms. The third kappa shape index (κ3) is 2.08. The number of carbonyl (C=O) groups is 1. The fourth-order valence-electron chi connectivity index (χ4n) is 3.61. The van der Waals surface area contributed by atoms with Crippen LogP contribution in [0.25, 0.3) is 0 Å². The zero-order valence-corrected chi connectivity index (χ0v) is 11.0. The molecule has 0 radical (unpaired) electrons. The highest BCUT2D eigenvalue weighted by molar-refractivity contribution is 5.74. The van der Waals surface area contributed by atoms with Crippen molar-refractivity contribution in [2.75, 3.05) is 26.7 Å². The van der Waals surface area contributed by atoms with Gasteiger partial charge in [-0.25, -0.2) is 0 Å². The predicted octanol–water partition coefficient (Wildman–Crippen LogP) is 0.888. The summed E-state index contributed by atoms with van der Waals surface area (Å²) in [5.41, 5.74) is -0.891. The summed E-state index contributed by atoms with van der Waals surface area (Å²) in [5.74, 6) is -0.316. The van der Waals surface area contributed by atoms with Crippen molar-refractivity contribution in [2.24, 2.45) is 17.8 Å². The molecule has 2 atom stereocenters. The number of aliphatic hydroxyl groups is 1. The van der Waals surface area contributed by atoms with E-state index in [2.05, 4.69) is 4.90 Å². The molecule has 0 aliphatic carbocycles. The van der Waals surface area contributed by atoms with Gasteiger partial charge in [-0.15, -0.1) is 0 Å². The molecule has 3 aliphatic heterocycles. The Labute approximate surface area is 103 Å². The van der Waals surface area contributed by atoms with Gasteiger partial charge in [0.15, 0.2) is 0 Å². The average molecular weight is 241 g/mol. The van der Waals surface area contributed by atoms with Crippen molar-refractivity contribution < 1.29 is 14.6 Å². The van der Waals surface area contributed by atoms with Crippen LogP contribution in [0, 0.1) is 17.8 Å². The summed E-state index contributed by atoms with van der Waals surface area (Å²) in [4.78, 5) is 14.2. The van der Waals surface area contributed by atoms with Crippen LogP contribution in [0.5, 0.6) is 0 Å². The average Bonchev–Trinajstić information content (AvgIpc) is 2.29. The molecule has 0 spiro atoms. The largest absolute Gasteiger partial charge is 0.469 e. The van der Waals surface area contributed by atoms with E-state index in [4.69, 9.17) is 4.74 Å². The lowest BCUT2D eigenvalue weighted by Crippen LogP contribution is -2.64. The van der Waals surface area contributed by atoms with E-state index >= 15 is 0 Å². The Kier molecular flexibility index (Phi) is 3.46. The van der Waals surface area contributed by atoms with Gasteiger partial charge in [-0.2, -0.15) is 0 Å². The van der Waals surface area contributed by atoms with Gasteiger partial charge in [-0.1, -0.05) is 13.8 Å². The molecule has 4 nitrogen and oxygen atoms in total. The number of piperidine rings is 3. The summed E-state index contributed by atoms with van der Waals surface area (Å²) in [7, 11) is 1.41. The van der Waals surface area contributed by atoms with Gasteiger partial charge in [0.05, 0.1) is 18.6 Å². The van der Waals surface area contributed by atoms with Crippen molar-refractivity contribution in [1.82, 2.24) is 4.90 Å². The van der Waals surface area contributed by atoms with Gasteiger partial charge < -0.3 is 14.7 Å². The zero-order valence-electron chi connectivity index (χ0n) is 11.0. The lowest BCUT2D eigenvalue weighted by molar-refractivity contribution is -0.184. The quantitative estimate of drug-likeness (QED) is 0.746. The number of hydrogen-bond acceptors (Lipinski definition) is 4. The minimum Gasteiger partial charge on any atom is -0.469 e. The van der Waals surface area contributed by atoms with Gasteiger partial charge in [0.2, 0.25) is 0 Å². The van der Waals surface area contributed by atoms with E-state index in [0.717, 1.165) is 25.9 Å². The highest BCUT2D eigenvalue weighted by Crippen LogP contribution is 2.43. The number of ether oxygens (including phenoxy) is 1. The Morgan fingerprint density at radius 2 is 2.00 bits per heavy atom. The Balaban J connectivity index is 2.25. The minimum atomic E-state index is -0.891. The molecular formula is C13H23NO3. The van der Waals surface area contributed by atoms with Crippen LogP contribution in [0.3, 0.4) is 0 Å². The standard InChI is InChI=1S/C13H23NO3/c1-9(2)11(12(15)17-3)13(16)8-14-6-4-10(13)5-7-14/h9-11,16H,4-8H2,1-3H3. The lowest BCUT2D eigenvalue weighted by Gasteiger charge is -2.53. The van der Waals surface area contributed by atoms with Crippen molar-refractivity contribution in [2.45, 2.75) is 32.3 Å². The van der Waals surface area contributed by atoms with E-state index in [1.165, 1.54) is 7.11 Å². The second-order valence-corrected chi connectivity index (χ2v) is 5.79. The molecule has 3 rings (SSSR count). The Morgan fingerprint density at radius 3 is 2.35 bits per heavy atom. The zero-order chi connectivity index (χ0) is 12.6. The van der Waals surface area contributed by atoms with E-state index in [1.807, 2.05) is 13.8 Å². The van der Waals surface area contributed by atoms with Gasteiger partial charge >= 0.3 is 5.97 Å². The molecule has 0 amide bonds. The van der Waals surface area contributed by atoms with E-state index in [-0.39, 0.29) is 17.8 Å². The van der Waals surface area contributed by atoms with Gasteiger partial charge in [-0.05, 0) is 37.8 Å². The predicted molar refractivity (Wildman–Crippen MR) is 64.5 cm³/mol. The molecule has 3 fully saturated rings. The van der Waals surface area contributed by atoms with E-state index in [9.17, 15) is 9.90 Å². The minimum absolute atomic E-state index is 0.105. The van der Waals surface area contributed by atoms with E-state index in [0.29, 0.717) is 6.54 Å². The van der Waals surface area contributed by atoms with Crippen LogP contribution in [0.1, 0.15) is 26.7 Å². The van der Waals surface area contributed by atoms with Crippen LogP contribution < -0.4 is 0 Å². The lowest BCUT2D eigenvalue weighted by atomic mass is 9.65. The molecule has 0 aromatic rings. The second kappa shape index (κ2) is 4.58. The maximum Gasteiger partial charge on any atom is 0.311 e. The molecule has 2 unspecified atom stereocenters. The molecule has 3 saturated heterocycles. The third-order valence-electron chi connectivity index (χ3n) is 4.43. The molecular weight excluding hydrogens is 218 g/mol. The number of fused-ring (bicyclic) bond motifs is 3. The number of nitrogens with zero attached hydrogens (tertiary/aromatic N) is 1. The number of methoxy groups -OCH3 is 1. The van der Waals surface area contributed by atoms with Crippen LogP contribution in [0.15, 0.2) is 0 Å². The monoisotopic (exact) mass is 241 g/mol. The molecule has 98 valence electrons. The first-order chi connectivity index (χ1) is 7.99. The van der Waals surface area contributed by atoms with E-state index in [1.54, 1.807) is 0 Å². The summed E-state index contributed by atoms with van der Waals surface area (Å²) < 4.78 is 4.88. The van der Waals surface area contributed by atoms with Crippen LogP contribution in [0.4, 0.5) is 0 Å². The Morgan fingerprint density at radius 1 is 1.41 bits per heavy atom. The van der Waals surface area contributed by atoms with Crippen molar-refractivity contribution in [3.05, 3.63) is 0 Å². The van der Waals surface area contributed by atoms with Crippen LogP contribution in [-0.2, 0) is 9.53 Å². The summed E-state index contributed by atoms with van der Waals surface area (Å²) in [6.07, 6.45) is 1.99. The normalized spacial score (nSPS) is 38.2. The maximum absolute atomic E-state index is 11.9. The third-order valence-corrected chi connectivity index (χ3v) is 4.43. The van der Waals surface area contributed by atoms with Crippen molar-refractivity contribution in [1.29, 1.82) is 0 Å². The van der Waals surface area contributed by atoms with Gasteiger partial charge in [0, 0.05) is 6.54 Å². The highest BCUT2D eigenvalue weighted by Gasteiger charge is 2.54. The smallest absolute Gasteiger partial charge is 0.311 e. The molecule has 1 N–H and O–H groups in total.